The Bertz CT molecular complexity index is 1570. The van der Waals surface area contributed by atoms with E-state index in [1.807, 2.05) is 30.3 Å². The van der Waals surface area contributed by atoms with Gasteiger partial charge in [0.15, 0.2) is 12.0 Å². The van der Waals surface area contributed by atoms with Crippen LogP contribution in [0.25, 0.3) is 10.8 Å². The Hall–Kier alpha value is -3.30. The van der Waals surface area contributed by atoms with Gasteiger partial charge in [-0.15, -0.1) is 0 Å². The van der Waals surface area contributed by atoms with Crippen molar-refractivity contribution in [2.75, 3.05) is 36.3 Å². The zero-order valence-electron chi connectivity index (χ0n) is 22.4. The van der Waals surface area contributed by atoms with Crippen molar-refractivity contribution in [1.29, 1.82) is 0 Å². The maximum atomic E-state index is 12.3. The highest BCUT2D eigenvalue weighted by molar-refractivity contribution is 8.09. The summed E-state index contributed by atoms with van der Waals surface area (Å²) >= 11 is 5.80. The molecule has 41 heavy (non-hydrogen) atoms. The van der Waals surface area contributed by atoms with Gasteiger partial charge in [-0.2, -0.15) is 4.98 Å². The van der Waals surface area contributed by atoms with Gasteiger partial charge in [-0.1, -0.05) is 36.4 Å². The minimum atomic E-state index is -3.49. The molecule has 220 valence electrons. The van der Waals surface area contributed by atoms with Gasteiger partial charge < -0.3 is 44.7 Å². The lowest BCUT2D eigenvalue weighted by Gasteiger charge is -2.33. The number of aromatic nitrogens is 2. The second kappa shape index (κ2) is 11.2. The molecule has 1 saturated heterocycles. The average Bonchev–Trinajstić information content (AvgIpc) is 3.45. The molecule has 2 aromatic carbocycles. The molecule has 7 N–H and O–H groups in total. The van der Waals surface area contributed by atoms with Crippen molar-refractivity contribution in [2.45, 2.75) is 43.9 Å². The molecule has 2 aliphatic heterocycles. The summed E-state index contributed by atoms with van der Waals surface area (Å²) in [6, 6.07) is 12.1. The highest BCUT2D eigenvalue weighted by Gasteiger charge is 2.56. The number of nitrogens with one attached hydrogen (secondary N) is 3. The molecule has 0 bridgehead atoms. The van der Waals surface area contributed by atoms with Crippen molar-refractivity contribution in [3.05, 3.63) is 52.8 Å². The summed E-state index contributed by atoms with van der Waals surface area (Å²) in [7, 11) is 1.25. The van der Waals surface area contributed by atoms with Crippen molar-refractivity contribution in [3.8, 4) is 5.75 Å². The van der Waals surface area contributed by atoms with Gasteiger partial charge in [0.1, 0.15) is 35.3 Å². The summed E-state index contributed by atoms with van der Waals surface area (Å²) < 4.78 is 23.2. The Morgan fingerprint density at radius 1 is 1.37 bits per heavy atom. The summed E-state index contributed by atoms with van der Waals surface area (Å²) in [6.45, 7) is -0.777. The van der Waals surface area contributed by atoms with Gasteiger partial charge in [0.05, 0.1) is 20.4 Å². The number of carbonyl (C=O) groups excluding carboxylic acids is 1. The van der Waals surface area contributed by atoms with Gasteiger partial charge >= 0.3 is 12.6 Å². The quantitative estimate of drug-likeness (QED) is 0.149. The van der Waals surface area contributed by atoms with Crippen molar-refractivity contribution in [2.24, 2.45) is 0 Å². The molecule has 1 aromatic heterocycles. The van der Waals surface area contributed by atoms with Crippen LogP contribution in [-0.4, -0.2) is 76.6 Å². The molecule has 14 nitrogen and oxygen atoms in total. The lowest BCUT2D eigenvalue weighted by Crippen LogP contribution is -2.53. The third-order valence-electron chi connectivity index (χ3n) is 6.94. The molecular formula is C25H31N6O8PS. The Balaban J connectivity index is 1.39. The van der Waals surface area contributed by atoms with Crippen molar-refractivity contribution < 1.29 is 33.5 Å². The highest BCUT2D eigenvalue weighted by atomic mass is 32.5. The second-order valence-electron chi connectivity index (χ2n) is 9.89. The van der Waals surface area contributed by atoms with Crippen LogP contribution in [-0.2, 0) is 30.6 Å². The Morgan fingerprint density at radius 2 is 2.10 bits per heavy atom. The maximum absolute atomic E-state index is 12.3. The SMILES string of the molecule is COC(=O)[C@H](C)NP(=S)(OC[C@H]1O[C@@H](N2CNc3c2nc(N)[nH]c3=O)[C@](C)(O)[C@@H]1O)Oc1cccc2ccccc12. The number of aliphatic hydroxyl groups excluding tert-OH is 1. The van der Waals surface area contributed by atoms with Gasteiger partial charge in [0.2, 0.25) is 5.95 Å². The van der Waals surface area contributed by atoms with E-state index in [2.05, 4.69) is 20.4 Å². The number of anilines is 3. The first-order valence-corrected chi connectivity index (χ1v) is 15.3. The third-order valence-corrected chi connectivity index (χ3v) is 9.42. The van der Waals surface area contributed by atoms with Crippen LogP contribution in [0.3, 0.4) is 0 Å². The van der Waals surface area contributed by atoms with Crippen LogP contribution in [0.15, 0.2) is 47.3 Å². The number of aliphatic hydroxyl groups is 2. The van der Waals surface area contributed by atoms with Gasteiger partial charge in [-0.05, 0) is 37.1 Å². The van der Waals surface area contributed by atoms with Gasteiger partial charge in [-0.3, -0.25) is 14.6 Å². The normalized spacial score (nSPS) is 25.8. The number of nitrogens with zero attached hydrogens (tertiary/aromatic N) is 2. The van der Waals surface area contributed by atoms with Gasteiger partial charge in [0.25, 0.3) is 5.56 Å². The smallest absolute Gasteiger partial charge is 0.323 e. The van der Waals surface area contributed by atoms with Gasteiger partial charge in [-0.25, -0.2) is 5.09 Å². The number of esters is 1. The van der Waals surface area contributed by atoms with Crippen LogP contribution in [0, 0.1) is 0 Å². The summed E-state index contributed by atoms with van der Waals surface area (Å²) in [5.74, 6) is -0.0882. The summed E-state index contributed by atoms with van der Waals surface area (Å²) in [4.78, 5) is 32.6. The minimum absolute atomic E-state index is 0.0658. The predicted molar refractivity (Wildman–Crippen MR) is 155 cm³/mol. The van der Waals surface area contributed by atoms with Crippen molar-refractivity contribution in [1.82, 2.24) is 15.1 Å². The number of methoxy groups -OCH3 is 1. The first kappa shape index (κ1) is 29.2. The first-order chi connectivity index (χ1) is 19.4. The number of fused-ring (bicyclic) bond motifs is 2. The zero-order valence-corrected chi connectivity index (χ0v) is 24.1. The fraction of sp³-hybridized carbons (Fsp3) is 0.400. The van der Waals surface area contributed by atoms with E-state index in [0.717, 1.165) is 10.8 Å². The first-order valence-electron chi connectivity index (χ1n) is 12.7. The molecule has 3 aromatic rings. The number of nitrogen functional groups attached to an aromatic ring is 1. The largest absolute Gasteiger partial charge is 0.468 e. The number of aromatic amines is 1. The highest BCUT2D eigenvalue weighted by Crippen LogP contribution is 2.48. The number of hydrogen-bond acceptors (Lipinski definition) is 13. The fourth-order valence-electron chi connectivity index (χ4n) is 4.83. The topological polar surface area (TPSA) is 194 Å². The molecule has 5 rings (SSSR count). The standard InChI is InChI=1S/C25H31N6O8PS/c1-13(22(34)36-3)30-40(41,39-16-10-6-8-14-7-4-5-9-15(14)16)37-11-17-19(32)25(2,35)23(38-17)31-12-27-18-20(31)28-24(26)29-21(18)33/h4-10,13,17,19,23,27,32,35H,11-12H2,1-3H3,(H,30,41)(H3,26,28,29,33)/t13-,17+,19+,23+,25+,40?/m0/s1. The molecule has 0 aliphatic carbocycles. The molecule has 1 unspecified atom stereocenters. The Kier molecular flexibility index (Phi) is 7.96. The van der Waals surface area contributed by atoms with Crippen LogP contribution >= 0.6 is 6.64 Å². The van der Waals surface area contributed by atoms with Crippen molar-refractivity contribution in [3.63, 3.8) is 0 Å². The molecule has 0 radical (unpaired) electrons. The van der Waals surface area contributed by atoms with Crippen LogP contribution in [0.2, 0.25) is 0 Å². The summed E-state index contributed by atoms with van der Waals surface area (Å²) in [5, 5.41) is 29.9. The maximum Gasteiger partial charge on any atom is 0.323 e. The molecular weight excluding hydrogens is 575 g/mol. The van der Waals surface area contributed by atoms with E-state index in [-0.39, 0.29) is 30.7 Å². The van der Waals surface area contributed by atoms with E-state index in [4.69, 9.17) is 36.1 Å². The molecule has 0 spiro atoms. The van der Waals surface area contributed by atoms with E-state index < -0.39 is 48.2 Å². The fourth-order valence-corrected chi connectivity index (χ4v) is 7.25. The number of ether oxygens (including phenoxy) is 2. The Morgan fingerprint density at radius 3 is 2.85 bits per heavy atom. The summed E-state index contributed by atoms with van der Waals surface area (Å²) in [6.07, 6.45) is -3.64. The van der Waals surface area contributed by atoms with Crippen molar-refractivity contribution >= 4 is 52.6 Å². The van der Waals surface area contributed by atoms with Crippen LogP contribution in [0.1, 0.15) is 13.8 Å². The molecule has 6 atom stereocenters. The van der Waals surface area contributed by atoms with Crippen LogP contribution in [0.4, 0.5) is 17.5 Å². The van der Waals surface area contributed by atoms with Crippen LogP contribution in [0.5, 0.6) is 5.75 Å². The average molecular weight is 607 g/mol. The number of benzene rings is 2. The van der Waals surface area contributed by atoms with Gasteiger partial charge in [0, 0.05) is 5.39 Å². The van der Waals surface area contributed by atoms with E-state index in [0.29, 0.717) is 5.75 Å². The number of rotatable bonds is 9. The molecule has 3 heterocycles. The Labute approximate surface area is 240 Å². The lowest BCUT2D eigenvalue weighted by molar-refractivity contribution is -0.142. The number of H-pyrrole nitrogens is 1. The second-order valence-corrected chi connectivity index (χ2v) is 13.0. The number of hydrogen-bond donors (Lipinski definition) is 6. The molecule has 0 amide bonds. The number of carbonyl (C=O) groups is 1. The molecule has 1 fully saturated rings. The van der Waals surface area contributed by atoms with Crippen LogP contribution < -0.4 is 31.1 Å². The molecule has 16 heteroatoms. The zero-order chi connectivity index (χ0) is 29.5. The third kappa shape index (κ3) is 5.62. The minimum Gasteiger partial charge on any atom is -0.468 e. The monoisotopic (exact) mass is 606 g/mol. The predicted octanol–water partition coefficient (Wildman–Crippen LogP) is 1.00. The van der Waals surface area contributed by atoms with E-state index in [9.17, 15) is 19.8 Å². The van der Waals surface area contributed by atoms with E-state index >= 15 is 0 Å². The molecule has 2 aliphatic rings. The molecule has 0 saturated carbocycles. The number of nitrogens with two attached hydrogens (primary N) is 1. The lowest BCUT2D eigenvalue weighted by atomic mass is 9.96. The summed E-state index contributed by atoms with van der Waals surface area (Å²) in [5.41, 5.74) is 3.59. The van der Waals surface area contributed by atoms with E-state index in [1.165, 1.54) is 18.9 Å². The van der Waals surface area contributed by atoms with E-state index in [1.54, 1.807) is 19.1 Å².